The van der Waals surface area contributed by atoms with Gasteiger partial charge in [0.1, 0.15) is 6.07 Å². The Morgan fingerprint density at radius 3 is 3.05 bits per heavy atom. The van der Waals surface area contributed by atoms with Crippen molar-refractivity contribution in [3.8, 4) is 6.07 Å². The monoisotopic (exact) mass is 261 g/mol. The van der Waals surface area contributed by atoms with Gasteiger partial charge in [0.05, 0.1) is 28.9 Å². The van der Waals surface area contributed by atoms with Crippen molar-refractivity contribution in [3.63, 3.8) is 0 Å². The normalized spacial score (nSPS) is 18.9. The zero-order valence-corrected chi connectivity index (χ0v) is 10.7. The predicted molar refractivity (Wildman–Crippen MR) is 70.1 cm³/mol. The first kappa shape index (κ1) is 13.3. The second kappa shape index (κ2) is 5.67. The lowest BCUT2D eigenvalue weighted by atomic mass is 10.1. The third kappa shape index (κ3) is 2.83. The van der Waals surface area contributed by atoms with Crippen molar-refractivity contribution in [1.82, 2.24) is 0 Å². The number of nitrogens with zero attached hydrogens (tertiary/aromatic N) is 3. The summed E-state index contributed by atoms with van der Waals surface area (Å²) < 4.78 is 5.58. The summed E-state index contributed by atoms with van der Waals surface area (Å²) in [7, 11) is 0. The van der Waals surface area contributed by atoms with Gasteiger partial charge in [0.25, 0.3) is 5.69 Å². The van der Waals surface area contributed by atoms with E-state index in [-0.39, 0.29) is 11.8 Å². The Kier molecular flexibility index (Phi) is 3.97. The molecule has 1 unspecified atom stereocenters. The molecule has 0 saturated carbocycles. The van der Waals surface area contributed by atoms with E-state index in [9.17, 15) is 10.1 Å². The lowest BCUT2D eigenvalue weighted by molar-refractivity contribution is -0.384. The standard InChI is InChI=1S/C13H15N3O3/c1-2-12-9-15(5-6-19-12)13-4-3-11(16(17)18)7-10(13)8-14/h3-4,7,12H,2,5-6,9H2,1H3. The number of morpholine rings is 1. The average molecular weight is 261 g/mol. The van der Waals surface area contributed by atoms with Crippen LogP contribution in [0.4, 0.5) is 11.4 Å². The van der Waals surface area contributed by atoms with Crippen LogP contribution in [0.1, 0.15) is 18.9 Å². The highest BCUT2D eigenvalue weighted by molar-refractivity contribution is 5.63. The van der Waals surface area contributed by atoms with Crippen molar-refractivity contribution < 1.29 is 9.66 Å². The Bertz CT molecular complexity index is 524. The largest absolute Gasteiger partial charge is 0.375 e. The van der Waals surface area contributed by atoms with E-state index in [1.165, 1.54) is 12.1 Å². The Morgan fingerprint density at radius 1 is 1.63 bits per heavy atom. The predicted octanol–water partition coefficient (Wildman–Crippen LogP) is 2.08. The molecule has 1 heterocycles. The fraction of sp³-hybridized carbons (Fsp3) is 0.462. The van der Waals surface area contributed by atoms with Gasteiger partial charge >= 0.3 is 0 Å². The summed E-state index contributed by atoms with van der Waals surface area (Å²) in [4.78, 5) is 12.3. The summed E-state index contributed by atoms with van der Waals surface area (Å²) in [6, 6.07) is 6.44. The lowest BCUT2D eigenvalue weighted by Gasteiger charge is -2.34. The van der Waals surface area contributed by atoms with Crippen LogP contribution < -0.4 is 4.90 Å². The maximum Gasteiger partial charge on any atom is 0.270 e. The second-order valence-electron chi connectivity index (χ2n) is 4.42. The maximum atomic E-state index is 10.7. The van der Waals surface area contributed by atoms with Gasteiger partial charge in [-0.25, -0.2) is 0 Å². The number of hydrogen-bond donors (Lipinski definition) is 0. The summed E-state index contributed by atoms with van der Waals surface area (Å²) in [5.41, 5.74) is 1.03. The highest BCUT2D eigenvalue weighted by atomic mass is 16.6. The average Bonchev–Trinajstić information content (AvgIpc) is 2.46. The van der Waals surface area contributed by atoms with E-state index in [2.05, 4.69) is 11.8 Å². The number of benzene rings is 1. The van der Waals surface area contributed by atoms with Crippen LogP contribution in [-0.2, 0) is 4.74 Å². The van der Waals surface area contributed by atoms with Crippen molar-refractivity contribution in [1.29, 1.82) is 5.26 Å². The molecule has 0 aromatic heterocycles. The fourth-order valence-corrected chi connectivity index (χ4v) is 2.19. The molecule has 0 bridgehead atoms. The Labute approximate surface area is 111 Å². The van der Waals surface area contributed by atoms with Crippen molar-refractivity contribution in [2.75, 3.05) is 24.6 Å². The van der Waals surface area contributed by atoms with Gasteiger partial charge in [0.15, 0.2) is 0 Å². The highest BCUT2D eigenvalue weighted by Gasteiger charge is 2.22. The third-order valence-electron chi connectivity index (χ3n) is 3.25. The number of anilines is 1. The van der Waals surface area contributed by atoms with E-state index in [4.69, 9.17) is 10.00 Å². The minimum absolute atomic E-state index is 0.0550. The van der Waals surface area contributed by atoms with Gasteiger partial charge in [-0.15, -0.1) is 0 Å². The Balaban J connectivity index is 2.29. The number of nitro groups is 1. The molecular weight excluding hydrogens is 246 g/mol. The summed E-state index contributed by atoms with van der Waals surface area (Å²) in [5.74, 6) is 0. The summed E-state index contributed by atoms with van der Waals surface area (Å²) in [6.07, 6.45) is 1.06. The number of nitro benzene ring substituents is 1. The second-order valence-corrected chi connectivity index (χ2v) is 4.42. The van der Waals surface area contributed by atoms with Crippen LogP contribution in [0.15, 0.2) is 18.2 Å². The molecule has 1 aromatic carbocycles. The molecular formula is C13H15N3O3. The number of ether oxygens (including phenoxy) is 1. The molecule has 2 rings (SSSR count). The van der Waals surface area contributed by atoms with Crippen LogP contribution in [0.5, 0.6) is 0 Å². The lowest BCUT2D eigenvalue weighted by Crippen LogP contribution is -2.42. The molecule has 0 amide bonds. The molecule has 0 radical (unpaired) electrons. The molecule has 0 aliphatic carbocycles. The molecule has 1 aliphatic heterocycles. The summed E-state index contributed by atoms with van der Waals surface area (Å²) in [5, 5.41) is 19.9. The van der Waals surface area contributed by atoms with E-state index in [1.807, 2.05) is 6.07 Å². The van der Waals surface area contributed by atoms with Crippen LogP contribution in [0.2, 0.25) is 0 Å². The topological polar surface area (TPSA) is 79.4 Å². The molecule has 1 aromatic rings. The molecule has 6 heteroatoms. The number of non-ortho nitro benzene ring substituents is 1. The fourth-order valence-electron chi connectivity index (χ4n) is 2.19. The van der Waals surface area contributed by atoms with E-state index in [0.29, 0.717) is 25.3 Å². The molecule has 6 nitrogen and oxygen atoms in total. The molecule has 0 spiro atoms. The third-order valence-corrected chi connectivity index (χ3v) is 3.25. The first-order valence-electron chi connectivity index (χ1n) is 6.20. The first-order chi connectivity index (χ1) is 9.15. The van der Waals surface area contributed by atoms with Gasteiger partial charge in [-0.05, 0) is 12.5 Å². The molecule has 19 heavy (non-hydrogen) atoms. The van der Waals surface area contributed by atoms with E-state index in [0.717, 1.165) is 12.1 Å². The molecule has 0 N–H and O–H groups in total. The molecule has 1 aliphatic rings. The molecule has 1 atom stereocenters. The van der Waals surface area contributed by atoms with Crippen LogP contribution in [-0.4, -0.2) is 30.7 Å². The highest BCUT2D eigenvalue weighted by Crippen LogP contribution is 2.26. The van der Waals surface area contributed by atoms with Gasteiger partial charge in [-0.3, -0.25) is 10.1 Å². The van der Waals surface area contributed by atoms with E-state index < -0.39 is 4.92 Å². The van der Waals surface area contributed by atoms with Crippen molar-refractivity contribution in [2.24, 2.45) is 0 Å². The van der Waals surface area contributed by atoms with Crippen molar-refractivity contribution >= 4 is 11.4 Å². The minimum Gasteiger partial charge on any atom is -0.375 e. The van der Waals surface area contributed by atoms with Crippen LogP contribution in [0.3, 0.4) is 0 Å². The maximum absolute atomic E-state index is 10.7. The van der Waals surface area contributed by atoms with Crippen molar-refractivity contribution in [3.05, 3.63) is 33.9 Å². The van der Waals surface area contributed by atoms with Crippen LogP contribution in [0, 0.1) is 21.4 Å². The molecule has 1 fully saturated rings. The SMILES string of the molecule is CCC1CN(c2ccc([N+](=O)[O-])cc2C#N)CCO1. The van der Waals surface area contributed by atoms with Gasteiger partial charge < -0.3 is 9.64 Å². The number of nitriles is 1. The number of rotatable bonds is 3. The molecule has 100 valence electrons. The van der Waals surface area contributed by atoms with E-state index in [1.54, 1.807) is 6.07 Å². The zero-order chi connectivity index (χ0) is 13.8. The quantitative estimate of drug-likeness (QED) is 0.614. The van der Waals surface area contributed by atoms with Gasteiger partial charge in [-0.2, -0.15) is 5.26 Å². The van der Waals surface area contributed by atoms with Crippen molar-refractivity contribution in [2.45, 2.75) is 19.4 Å². The minimum atomic E-state index is -0.487. The Morgan fingerprint density at radius 2 is 2.42 bits per heavy atom. The number of hydrogen-bond acceptors (Lipinski definition) is 5. The van der Waals surface area contributed by atoms with Gasteiger partial charge in [0, 0.05) is 25.2 Å². The van der Waals surface area contributed by atoms with Crippen LogP contribution >= 0.6 is 0 Å². The molecule has 1 saturated heterocycles. The summed E-state index contributed by atoms with van der Waals surface area (Å²) >= 11 is 0. The van der Waals surface area contributed by atoms with Gasteiger partial charge in [0.2, 0.25) is 0 Å². The zero-order valence-electron chi connectivity index (χ0n) is 10.7. The van der Waals surface area contributed by atoms with Gasteiger partial charge in [-0.1, -0.05) is 6.92 Å². The van der Waals surface area contributed by atoms with E-state index >= 15 is 0 Å². The van der Waals surface area contributed by atoms with Crippen LogP contribution in [0.25, 0.3) is 0 Å². The first-order valence-corrected chi connectivity index (χ1v) is 6.20. The smallest absolute Gasteiger partial charge is 0.270 e. The summed E-state index contributed by atoms with van der Waals surface area (Å²) in [6.45, 7) is 4.07. The Hall–Kier alpha value is -2.13.